The lowest BCUT2D eigenvalue weighted by Crippen LogP contribution is -2.14. The van der Waals surface area contributed by atoms with E-state index in [0.717, 1.165) is 6.07 Å². The number of pyridine rings is 1. The molecule has 1 aromatic heterocycles. The van der Waals surface area contributed by atoms with Gasteiger partial charge in [0.05, 0.1) is 36.7 Å². The highest BCUT2D eigenvalue weighted by Crippen LogP contribution is 2.34. The number of para-hydroxylation sites is 1. The fourth-order valence-corrected chi connectivity index (χ4v) is 3.30. The van der Waals surface area contributed by atoms with Crippen LogP contribution in [0.1, 0.15) is 10.4 Å². The van der Waals surface area contributed by atoms with Gasteiger partial charge in [-0.15, -0.1) is 0 Å². The molecule has 0 atom stereocenters. The Labute approximate surface area is 177 Å². The van der Waals surface area contributed by atoms with Crippen LogP contribution in [-0.2, 0) is 0 Å². The number of nitrogens with zero attached hydrogens (tertiary/aromatic N) is 1. The number of hydrogen-bond donors (Lipinski definition) is 1. The van der Waals surface area contributed by atoms with Gasteiger partial charge >= 0.3 is 0 Å². The summed E-state index contributed by atoms with van der Waals surface area (Å²) in [4.78, 5) is 17.7. The number of carbonyl (C=O) groups excluding carboxylic acids is 1. The van der Waals surface area contributed by atoms with Crippen molar-refractivity contribution in [2.75, 3.05) is 19.5 Å². The first-order chi connectivity index (χ1) is 15.0. The fourth-order valence-electron chi connectivity index (χ4n) is 3.30. The van der Waals surface area contributed by atoms with E-state index in [4.69, 9.17) is 9.47 Å². The van der Waals surface area contributed by atoms with E-state index in [1.54, 1.807) is 49.6 Å². The van der Waals surface area contributed by atoms with Gasteiger partial charge in [0.1, 0.15) is 23.1 Å². The third kappa shape index (κ3) is 4.02. The topological polar surface area (TPSA) is 60.5 Å². The number of hydrogen-bond acceptors (Lipinski definition) is 4. The molecule has 31 heavy (non-hydrogen) atoms. The summed E-state index contributed by atoms with van der Waals surface area (Å²) in [5.41, 5.74) is 1.87. The van der Waals surface area contributed by atoms with Gasteiger partial charge in [0.25, 0.3) is 5.91 Å². The number of nitrogens with one attached hydrogen (secondary N) is 1. The minimum atomic E-state index is -0.860. The standard InChI is InChI=1S/C24H18F2N2O3/c1-30-15-8-10-23(31-2)18(12-15)22-13-17(16-5-3-4-6-20(16)27-22)24(29)28-21-9-7-14(25)11-19(21)26/h3-13H,1-2H3,(H,28,29). The highest BCUT2D eigenvalue weighted by atomic mass is 19.1. The van der Waals surface area contributed by atoms with E-state index in [2.05, 4.69) is 10.3 Å². The van der Waals surface area contributed by atoms with Crippen molar-refractivity contribution in [3.63, 3.8) is 0 Å². The Morgan fingerprint density at radius 2 is 1.74 bits per heavy atom. The molecule has 1 heterocycles. The number of carbonyl (C=O) groups is 1. The summed E-state index contributed by atoms with van der Waals surface area (Å²) in [5, 5.41) is 3.10. The van der Waals surface area contributed by atoms with Gasteiger partial charge in [-0.25, -0.2) is 13.8 Å². The fraction of sp³-hybridized carbons (Fsp3) is 0.0833. The van der Waals surface area contributed by atoms with E-state index in [0.29, 0.717) is 39.7 Å². The molecule has 7 heteroatoms. The minimum absolute atomic E-state index is 0.118. The Morgan fingerprint density at radius 3 is 2.48 bits per heavy atom. The van der Waals surface area contributed by atoms with Gasteiger partial charge in [-0.05, 0) is 42.5 Å². The molecule has 4 rings (SSSR count). The average molecular weight is 420 g/mol. The van der Waals surface area contributed by atoms with Crippen molar-refractivity contribution >= 4 is 22.5 Å². The Bertz CT molecular complexity index is 1290. The van der Waals surface area contributed by atoms with Crippen LogP contribution in [0.15, 0.2) is 66.7 Å². The monoisotopic (exact) mass is 420 g/mol. The van der Waals surface area contributed by atoms with Crippen LogP contribution in [0.5, 0.6) is 11.5 Å². The van der Waals surface area contributed by atoms with Gasteiger partial charge < -0.3 is 14.8 Å². The summed E-state index contributed by atoms with van der Waals surface area (Å²) >= 11 is 0. The first-order valence-electron chi connectivity index (χ1n) is 9.38. The first kappa shape index (κ1) is 20.3. The van der Waals surface area contributed by atoms with Crippen molar-refractivity contribution in [2.24, 2.45) is 0 Å². The Morgan fingerprint density at radius 1 is 0.935 bits per heavy atom. The minimum Gasteiger partial charge on any atom is -0.497 e. The largest absolute Gasteiger partial charge is 0.497 e. The summed E-state index contributed by atoms with van der Waals surface area (Å²) in [6, 6.07) is 17.0. The first-order valence-corrected chi connectivity index (χ1v) is 9.38. The molecule has 0 aliphatic carbocycles. The number of aromatic nitrogens is 1. The molecule has 1 amide bonds. The molecule has 0 fully saturated rings. The second-order valence-corrected chi connectivity index (χ2v) is 6.72. The van der Waals surface area contributed by atoms with Crippen molar-refractivity contribution < 1.29 is 23.0 Å². The molecular formula is C24H18F2N2O3. The molecule has 0 bridgehead atoms. The van der Waals surface area contributed by atoms with E-state index in [1.165, 1.54) is 13.2 Å². The van der Waals surface area contributed by atoms with Gasteiger partial charge in [-0.1, -0.05) is 18.2 Å². The maximum Gasteiger partial charge on any atom is 0.256 e. The Balaban J connectivity index is 1.85. The molecular weight excluding hydrogens is 402 g/mol. The van der Waals surface area contributed by atoms with Crippen LogP contribution in [0.3, 0.4) is 0 Å². The number of amides is 1. The number of rotatable bonds is 5. The predicted molar refractivity (Wildman–Crippen MR) is 115 cm³/mol. The Kier molecular flexibility index (Phi) is 5.49. The number of benzene rings is 3. The predicted octanol–water partition coefficient (Wildman–Crippen LogP) is 5.45. The SMILES string of the molecule is COc1ccc(OC)c(-c2cc(C(=O)Nc3ccc(F)cc3F)c3ccccc3n2)c1. The molecule has 0 saturated heterocycles. The number of halogens is 2. The van der Waals surface area contributed by atoms with Crippen LogP contribution in [0.4, 0.5) is 14.5 Å². The quantitative estimate of drug-likeness (QED) is 0.466. The lowest BCUT2D eigenvalue weighted by Gasteiger charge is -2.14. The van der Waals surface area contributed by atoms with E-state index in [1.807, 2.05) is 6.07 Å². The van der Waals surface area contributed by atoms with Crippen LogP contribution in [-0.4, -0.2) is 25.1 Å². The maximum absolute atomic E-state index is 14.1. The van der Waals surface area contributed by atoms with Crippen LogP contribution >= 0.6 is 0 Å². The third-order valence-electron chi connectivity index (χ3n) is 4.82. The van der Waals surface area contributed by atoms with Crippen LogP contribution < -0.4 is 14.8 Å². The summed E-state index contributed by atoms with van der Waals surface area (Å²) in [7, 11) is 3.09. The van der Waals surface area contributed by atoms with E-state index in [-0.39, 0.29) is 11.3 Å². The second kappa shape index (κ2) is 8.39. The summed E-state index contributed by atoms with van der Waals surface area (Å²) in [6.45, 7) is 0. The van der Waals surface area contributed by atoms with Crippen LogP contribution in [0, 0.1) is 11.6 Å². The molecule has 5 nitrogen and oxygen atoms in total. The molecule has 4 aromatic rings. The zero-order valence-corrected chi connectivity index (χ0v) is 16.8. The summed E-state index contributed by atoms with van der Waals surface area (Å²) < 4.78 is 38.0. The highest BCUT2D eigenvalue weighted by molar-refractivity contribution is 6.13. The Hall–Kier alpha value is -4.00. The molecule has 0 saturated carbocycles. The second-order valence-electron chi connectivity index (χ2n) is 6.72. The van der Waals surface area contributed by atoms with Gasteiger partial charge in [0, 0.05) is 17.0 Å². The molecule has 0 aliphatic rings. The van der Waals surface area contributed by atoms with Gasteiger partial charge in [0.15, 0.2) is 0 Å². The van der Waals surface area contributed by atoms with Gasteiger partial charge in [0.2, 0.25) is 0 Å². The molecule has 3 aromatic carbocycles. The van der Waals surface area contributed by atoms with Crippen molar-refractivity contribution in [1.82, 2.24) is 4.98 Å². The van der Waals surface area contributed by atoms with Gasteiger partial charge in [-0.3, -0.25) is 4.79 Å². The van der Waals surface area contributed by atoms with Gasteiger partial charge in [-0.2, -0.15) is 0 Å². The number of methoxy groups -OCH3 is 2. The summed E-state index contributed by atoms with van der Waals surface area (Å²) in [5.74, 6) is -0.976. The maximum atomic E-state index is 14.1. The third-order valence-corrected chi connectivity index (χ3v) is 4.82. The summed E-state index contributed by atoms with van der Waals surface area (Å²) in [6.07, 6.45) is 0. The molecule has 0 unspecified atom stereocenters. The highest BCUT2D eigenvalue weighted by Gasteiger charge is 2.18. The zero-order valence-electron chi connectivity index (χ0n) is 16.8. The molecule has 0 spiro atoms. The normalized spacial score (nSPS) is 10.7. The average Bonchev–Trinajstić information content (AvgIpc) is 2.79. The number of anilines is 1. The lowest BCUT2D eigenvalue weighted by atomic mass is 10.0. The smallest absolute Gasteiger partial charge is 0.256 e. The van der Waals surface area contributed by atoms with E-state index >= 15 is 0 Å². The van der Waals surface area contributed by atoms with E-state index < -0.39 is 17.5 Å². The van der Waals surface area contributed by atoms with E-state index in [9.17, 15) is 13.6 Å². The van der Waals surface area contributed by atoms with Crippen LogP contribution in [0.2, 0.25) is 0 Å². The molecule has 1 N–H and O–H groups in total. The molecule has 0 aliphatic heterocycles. The lowest BCUT2D eigenvalue weighted by molar-refractivity contribution is 0.102. The van der Waals surface area contributed by atoms with Crippen LogP contribution in [0.25, 0.3) is 22.2 Å². The van der Waals surface area contributed by atoms with Crippen molar-refractivity contribution in [2.45, 2.75) is 0 Å². The molecule has 156 valence electrons. The zero-order chi connectivity index (χ0) is 22.0. The van der Waals surface area contributed by atoms with Crippen molar-refractivity contribution in [3.8, 4) is 22.8 Å². The number of fused-ring (bicyclic) bond motifs is 1. The number of ether oxygens (including phenoxy) is 2. The van der Waals surface area contributed by atoms with Crippen molar-refractivity contribution in [3.05, 3.63) is 83.9 Å². The van der Waals surface area contributed by atoms with Crippen molar-refractivity contribution in [1.29, 1.82) is 0 Å². The molecule has 0 radical (unpaired) electrons.